The molecule has 1 aromatic heterocycles. The normalized spacial score (nSPS) is 12.8. The van der Waals surface area contributed by atoms with E-state index in [0.29, 0.717) is 11.6 Å². The van der Waals surface area contributed by atoms with Gasteiger partial charge in [0.05, 0.1) is 5.56 Å². The van der Waals surface area contributed by atoms with Crippen LogP contribution in [0.15, 0.2) is 6.07 Å². The summed E-state index contributed by atoms with van der Waals surface area (Å²) in [5.74, 6) is 0.185. The Morgan fingerprint density at radius 2 is 2.19 bits per heavy atom. The Labute approximate surface area is 101 Å². The zero-order chi connectivity index (χ0) is 12.3. The van der Waals surface area contributed by atoms with E-state index in [1.54, 1.807) is 17.8 Å². The van der Waals surface area contributed by atoms with Crippen molar-refractivity contribution < 1.29 is 9.90 Å². The Hall–Kier alpha value is -0.900. The molecular formula is C12H19NO2S. The molecule has 1 rings (SSSR count). The lowest BCUT2D eigenvalue weighted by Gasteiger charge is -2.20. The van der Waals surface area contributed by atoms with E-state index in [2.05, 4.69) is 17.7 Å². The van der Waals surface area contributed by atoms with Crippen molar-refractivity contribution in [3.63, 3.8) is 0 Å². The Bertz CT molecular complexity index is 385. The van der Waals surface area contributed by atoms with E-state index in [1.807, 2.05) is 13.8 Å². The van der Waals surface area contributed by atoms with Gasteiger partial charge >= 0.3 is 5.97 Å². The number of carboxylic acid groups (broad SMARTS) is 1. The van der Waals surface area contributed by atoms with Crippen LogP contribution in [0.25, 0.3) is 0 Å². The lowest BCUT2D eigenvalue weighted by Crippen LogP contribution is -2.14. The Morgan fingerprint density at radius 3 is 2.56 bits per heavy atom. The summed E-state index contributed by atoms with van der Waals surface area (Å²) in [5, 5.41) is 9.07. The summed E-state index contributed by atoms with van der Waals surface area (Å²) >= 11 is 1.80. The van der Waals surface area contributed by atoms with Gasteiger partial charge in [0.15, 0.2) is 0 Å². The summed E-state index contributed by atoms with van der Waals surface area (Å²) in [7, 11) is 0. The number of hydrogen-bond donors (Lipinski definition) is 1. The van der Waals surface area contributed by atoms with E-state index < -0.39 is 5.97 Å². The topological polar surface area (TPSA) is 42.2 Å². The van der Waals surface area contributed by atoms with Gasteiger partial charge in [-0.1, -0.05) is 6.92 Å². The van der Waals surface area contributed by atoms with Crippen molar-refractivity contribution in [1.82, 2.24) is 4.57 Å². The molecular weight excluding hydrogens is 222 g/mol. The number of hydrogen-bond acceptors (Lipinski definition) is 2. The van der Waals surface area contributed by atoms with Crippen LogP contribution >= 0.6 is 11.8 Å². The minimum atomic E-state index is -0.835. The quantitative estimate of drug-likeness (QED) is 0.861. The highest BCUT2D eigenvalue weighted by Gasteiger charge is 2.19. The van der Waals surface area contributed by atoms with Gasteiger partial charge in [-0.3, -0.25) is 0 Å². The first-order valence-corrected chi connectivity index (χ1v) is 6.82. The van der Waals surface area contributed by atoms with E-state index in [4.69, 9.17) is 5.11 Å². The van der Waals surface area contributed by atoms with Crippen LogP contribution in [-0.4, -0.2) is 27.7 Å². The molecule has 1 atom stereocenters. The molecule has 0 bridgehead atoms. The highest BCUT2D eigenvalue weighted by Crippen LogP contribution is 2.24. The number of thioether (sulfide) groups is 1. The number of rotatable bonds is 5. The summed E-state index contributed by atoms with van der Waals surface area (Å²) in [6.07, 6.45) is 3.10. The van der Waals surface area contributed by atoms with Gasteiger partial charge in [0.25, 0.3) is 0 Å². The number of carboxylic acids is 1. The average molecular weight is 241 g/mol. The van der Waals surface area contributed by atoms with Gasteiger partial charge in [-0.2, -0.15) is 11.8 Å². The minimum Gasteiger partial charge on any atom is -0.478 e. The Morgan fingerprint density at radius 1 is 1.56 bits per heavy atom. The molecule has 0 aliphatic heterocycles. The molecule has 0 aliphatic carbocycles. The maximum absolute atomic E-state index is 11.0. The fraction of sp³-hybridized carbons (Fsp3) is 0.583. The van der Waals surface area contributed by atoms with Crippen molar-refractivity contribution in [3.8, 4) is 0 Å². The van der Waals surface area contributed by atoms with Crippen molar-refractivity contribution in [1.29, 1.82) is 0 Å². The van der Waals surface area contributed by atoms with E-state index in [-0.39, 0.29) is 0 Å². The SMILES string of the molecule is CCC(CSC)n1c(C)cc(C(=O)O)c1C. The van der Waals surface area contributed by atoms with E-state index >= 15 is 0 Å². The molecule has 0 spiro atoms. The second-order valence-electron chi connectivity index (χ2n) is 3.98. The summed E-state index contributed by atoms with van der Waals surface area (Å²) in [5.41, 5.74) is 2.33. The van der Waals surface area contributed by atoms with E-state index in [1.165, 1.54) is 0 Å². The zero-order valence-electron chi connectivity index (χ0n) is 10.3. The van der Waals surface area contributed by atoms with Crippen LogP contribution in [0.5, 0.6) is 0 Å². The van der Waals surface area contributed by atoms with Crippen LogP contribution in [0, 0.1) is 13.8 Å². The molecule has 0 saturated carbocycles. The summed E-state index contributed by atoms with van der Waals surface area (Å²) < 4.78 is 2.15. The monoisotopic (exact) mass is 241 g/mol. The molecule has 0 aliphatic rings. The molecule has 0 fully saturated rings. The van der Waals surface area contributed by atoms with Gasteiger partial charge in [0.1, 0.15) is 0 Å². The maximum Gasteiger partial charge on any atom is 0.337 e. The molecule has 1 heterocycles. The van der Waals surface area contributed by atoms with Gasteiger partial charge in [-0.05, 0) is 32.6 Å². The van der Waals surface area contributed by atoms with Gasteiger partial charge in [-0.15, -0.1) is 0 Å². The third-order valence-electron chi connectivity index (χ3n) is 2.91. The first kappa shape index (κ1) is 13.2. The maximum atomic E-state index is 11.0. The molecule has 0 radical (unpaired) electrons. The number of aromatic nitrogens is 1. The minimum absolute atomic E-state index is 0.392. The highest BCUT2D eigenvalue weighted by atomic mass is 32.2. The van der Waals surface area contributed by atoms with Crippen LogP contribution in [0.2, 0.25) is 0 Å². The van der Waals surface area contributed by atoms with Gasteiger partial charge in [-0.25, -0.2) is 4.79 Å². The molecule has 3 nitrogen and oxygen atoms in total. The smallest absolute Gasteiger partial charge is 0.337 e. The van der Waals surface area contributed by atoms with Gasteiger partial charge < -0.3 is 9.67 Å². The lowest BCUT2D eigenvalue weighted by molar-refractivity contribution is 0.0696. The van der Waals surface area contributed by atoms with Crippen LogP contribution in [0.4, 0.5) is 0 Å². The largest absolute Gasteiger partial charge is 0.478 e. The highest BCUT2D eigenvalue weighted by molar-refractivity contribution is 7.98. The third kappa shape index (κ3) is 2.43. The first-order chi connectivity index (χ1) is 7.52. The first-order valence-electron chi connectivity index (χ1n) is 5.43. The van der Waals surface area contributed by atoms with Crippen molar-refractivity contribution in [3.05, 3.63) is 23.0 Å². The third-order valence-corrected chi connectivity index (χ3v) is 3.63. The zero-order valence-corrected chi connectivity index (χ0v) is 11.1. The van der Waals surface area contributed by atoms with Crippen LogP contribution in [-0.2, 0) is 0 Å². The van der Waals surface area contributed by atoms with Crippen molar-refractivity contribution in [2.24, 2.45) is 0 Å². The summed E-state index contributed by atoms with van der Waals surface area (Å²) in [6, 6.07) is 2.16. The van der Waals surface area contributed by atoms with Crippen molar-refractivity contribution in [2.75, 3.05) is 12.0 Å². The number of carbonyl (C=O) groups is 1. The standard InChI is InChI=1S/C12H19NO2S/c1-5-10(7-16-4)13-8(2)6-11(9(13)3)12(14)15/h6,10H,5,7H2,1-4H3,(H,14,15). The fourth-order valence-corrected chi connectivity index (χ4v) is 2.89. The second-order valence-corrected chi connectivity index (χ2v) is 4.89. The Balaban J connectivity index is 3.16. The molecule has 16 heavy (non-hydrogen) atoms. The second kappa shape index (κ2) is 5.43. The molecule has 1 aromatic rings. The molecule has 1 unspecified atom stereocenters. The molecule has 0 aromatic carbocycles. The molecule has 4 heteroatoms. The number of aromatic carboxylic acids is 1. The predicted molar refractivity (Wildman–Crippen MR) is 68.6 cm³/mol. The van der Waals surface area contributed by atoms with Crippen LogP contribution in [0.3, 0.4) is 0 Å². The van der Waals surface area contributed by atoms with E-state index in [0.717, 1.165) is 23.6 Å². The van der Waals surface area contributed by atoms with Gasteiger partial charge in [0, 0.05) is 23.2 Å². The summed E-state index contributed by atoms with van der Waals surface area (Å²) in [6.45, 7) is 6.00. The Kier molecular flexibility index (Phi) is 4.47. The van der Waals surface area contributed by atoms with Crippen molar-refractivity contribution in [2.45, 2.75) is 33.2 Å². The van der Waals surface area contributed by atoms with Crippen LogP contribution in [0.1, 0.15) is 41.1 Å². The molecule has 90 valence electrons. The van der Waals surface area contributed by atoms with Crippen LogP contribution < -0.4 is 0 Å². The molecule has 0 amide bonds. The van der Waals surface area contributed by atoms with Gasteiger partial charge in [0.2, 0.25) is 0 Å². The predicted octanol–water partition coefficient (Wildman–Crippen LogP) is 3.12. The average Bonchev–Trinajstić information content (AvgIpc) is 2.52. The molecule has 1 N–H and O–H groups in total. The number of nitrogens with zero attached hydrogens (tertiary/aromatic N) is 1. The lowest BCUT2D eigenvalue weighted by atomic mass is 10.2. The molecule has 0 saturated heterocycles. The van der Waals surface area contributed by atoms with Crippen molar-refractivity contribution >= 4 is 17.7 Å². The summed E-state index contributed by atoms with van der Waals surface area (Å²) in [4.78, 5) is 11.0. The number of aryl methyl sites for hydroxylation is 1. The fourth-order valence-electron chi connectivity index (χ4n) is 2.12. The van der Waals surface area contributed by atoms with E-state index in [9.17, 15) is 4.79 Å².